The molecular weight excluding hydrogens is 302 g/mol. The minimum atomic E-state index is -3.47. The second kappa shape index (κ2) is 6.20. The maximum absolute atomic E-state index is 12.1. The summed E-state index contributed by atoms with van der Waals surface area (Å²) in [6, 6.07) is 5.85. The summed E-state index contributed by atoms with van der Waals surface area (Å²) in [5.74, 6) is 0. The van der Waals surface area contributed by atoms with E-state index in [-0.39, 0.29) is 12.1 Å². The van der Waals surface area contributed by atoms with Crippen molar-refractivity contribution >= 4 is 21.1 Å². The molecule has 0 unspecified atom stereocenters. The van der Waals surface area contributed by atoms with Crippen molar-refractivity contribution in [3.63, 3.8) is 0 Å². The van der Waals surface area contributed by atoms with E-state index in [9.17, 15) is 13.2 Å². The van der Waals surface area contributed by atoms with Crippen LogP contribution in [0.4, 0.5) is 0 Å². The number of hydrogen-bond donors (Lipinski definition) is 2. The quantitative estimate of drug-likeness (QED) is 0.864. The average Bonchev–Trinajstić information content (AvgIpc) is 2.40. The Morgan fingerprint density at radius 1 is 1.18 bits per heavy atom. The highest BCUT2D eigenvalue weighted by molar-refractivity contribution is 7.87. The molecule has 0 aliphatic carbocycles. The summed E-state index contributed by atoms with van der Waals surface area (Å²) in [6.07, 6.45) is 0.339. The van der Waals surface area contributed by atoms with Crippen LogP contribution < -0.4 is 10.3 Å². The first kappa shape index (κ1) is 16.7. The van der Waals surface area contributed by atoms with Gasteiger partial charge in [-0.15, -0.1) is 0 Å². The Labute approximate surface area is 130 Å². The van der Waals surface area contributed by atoms with Gasteiger partial charge in [0.15, 0.2) is 0 Å². The fraction of sp³-hybridized carbons (Fsp3) is 0.400. The Kier molecular flexibility index (Phi) is 4.69. The van der Waals surface area contributed by atoms with Crippen LogP contribution in [0.3, 0.4) is 0 Å². The number of H-pyrrole nitrogens is 1. The summed E-state index contributed by atoms with van der Waals surface area (Å²) in [4.78, 5) is 15.0. The SMILES string of the molecule is Cc1cc(C)c2[nH]c(=O)c(CCNS(=O)(=O)N(C)C)cc2c1. The zero-order chi connectivity index (χ0) is 16.5. The van der Waals surface area contributed by atoms with Gasteiger partial charge in [0.2, 0.25) is 0 Å². The smallest absolute Gasteiger partial charge is 0.278 e. The van der Waals surface area contributed by atoms with Gasteiger partial charge in [-0.2, -0.15) is 12.7 Å². The zero-order valence-electron chi connectivity index (χ0n) is 13.2. The van der Waals surface area contributed by atoms with Gasteiger partial charge in [0, 0.05) is 26.2 Å². The molecule has 6 nitrogen and oxygen atoms in total. The molecule has 0 radical (unpaired) electrons. The zero-order valence-corrected chi connectivity index (χ0v) is 14.0. The lowest BCUT2D eigenvalue weighted by Crippen LogP contribution is -2.37. The standard InChI is InChI=1S/C15H21N3O3S/c1-10-7-11(2)14-13(8-10)9-12(15(19)17-14)5-6-16-22(20,21)18(3)4/h7-9,16H,5-6H2,1-4H3,(H,17,19). The van der Waals surface area contributed by atoms with E-state index >= 15 is 0 Å². The summed E-state index contributed by atoms with van der Waals surface area (Å²) < 4.78 is 26.8. The monoisotopic (exact) mass is 323 g/mol. The predicted molar refractivity (Wildman–Crippen MR) is 88.4 cm³/mol. The highest BCUT2D eigenvalue weighted by atomic mass is 32.2. The van der Waals surface area contributed by atoms with Gasteiger partial charge >= 0.3 is 0 Å². The van der Waals surface area contributed by atoms with Crippen LogP contribution in [0.1, 0.15) is 16.7 Å². The molecule has 2 aromatic rings. The molecule has 0 amide bonds. The molecule has 2 rings (SSSR count). The molecule has 0 aliphatic rings. The van der Waals surface area contributed by atoms with Gasteiger partial charge in [0.25, 0.3) is 15.8 Å². The molecule has 0 saturated heterocycles. The van der Waals surface area contributed by atoms with Crippen molar-refractivity contribution in [2.75, 3.05) is 20.6 Å². The molecule has 0 bridgehead atoms. The number of aryl methyl sites for hydroxylation is 2. The number of nitrogens with zero attached hydrogens (tertiary/aromatic N) is 1. The summed E-state index contributed by atoms with van der Waals surface area (Å²) in [6.45, 7) is 4.14. The third-order valence-corrected chi connectivity index (χ3v) is 5.06. The summed E-state index contributed by atoms with van der Waals surface area (Å²) in [5, 5.41) is 0.961. The molecule has 0 spiro atoms. The second-order valence-corrected chi connectivity index (χ2v) is 7.57. The Morgan fingerprint density at radius 3 is 2.50 bits per heavy atom. The molecule has 22 heavy (non-hydrogen) atoms. The van der Waals surface area contributed by atoms with Crippen molar-refractivity contribution in [2.45, 2.75) is 20.3 Å². The normalized spacial score (nSPS) is 12.2. The van der Waals surface area contributed by atoms with Crippen LogP contribution in [0, 0.1) is 13.8 Å². The molecule has 7 heteroatoms. The average molecular weight is 323 g/mol. The van der Waals surface area contributed by atoms with Crippen LogP contribution in [0.5, 0.6) is 0 Å². The van der Waals surface area contributed by atoms with Crippen molar-refractivity contribution in [1.29, 1.82) is 0 Å². The van der Waals surface area contributed by atoms with Crippen LogP contribution in [0.15, 0.2) is 23.0 Å². The lowest BCUT2D eigenvalue weighted by molar-refractivity contribution is 0.506. The number of benzene rings is 1. The van der Waals surface area contributed by atoms with Crippen molar-refractivity contribution in [3.05, 3.63) is 45.2 Å². The first-order chi connectivity index (χ1) is 10.2. The van der Waals surface area contributed by atoms with Crippen molar-refractivity contribution in [3.8, 4) is 0 Å². The maximum Gasteiger partial charge on any atom is 0.278 e. The Morgan fingerprint density at radius 2 is 1.86 bits per heavy atom. The topological polar surface area (TPSA) is 82.3 Å². The summed E-state index contributed by atoms with van der Waals surface area (Å²) in [7, 11) is -0.556. The number of rotatable bonds is 5. The van der Waals surface area contributed by atoms with E-state index in [0.29, 0.717) is 12.0 Å². The summed E-state index contributed by atoms with van der Waals surface area (Å²) >= 11 is 0. The van der Waals surface area contributed by atoms with E-state index in [4.69, 9.17) is 0 Å². The van der Waals surface area contributed by atoms with E-state index in [1.807, 2.05) is 32.0 Å². The maximum atomic E-state index is 12.1. The molecule has 0 saturated carbocycles. The van der Waals surface area contributed by atoms with Crippen LogP contribution >= 0.6 is 0 Å². The third-order valence-electron chi connectivity index (χ3n) is 3.53. The number of nitrogens with one attached hydrogen (secondary N) is 2. The van der Waals surface area contributed by atoms with Crippen molar-refractivity contribution < 1.29 is 8.42 Å². The minimum absolute atomic E-state index is 0.177. The molecule has 1 heterocycles. The van der Waals surface area contributed by atoms with Crippen molar-refractivity contribution in [2.24, 2.45) is 0 Å². The van der Waals surface area contributed by atoms with E-state index in [2.05, 4.69) is 9.71 Å². The lowest BCUT2D eigenvalue weighted by atomic mass is 10.0. The first-order valence-corrected chi connectivity index (χ1v) is 8.45. The largest absolute Gasteiger partial charge is 0.321 e. The Bertz CT molecular complexity index is 854. The number of hydrogen-bond acceptors (Lipinski definition) is 3. The molecule has 0 aliphatic heterocycles. The lowest BCUT2D eigenvalue weighted by Gasteiger charge is -2.12. The molecule has 120 valence electrons. The molecule has 2 N–H and O–H groups in total. The van der Waals surface area contributed by atoms with Crippen molar-refractivity contribution in [1.82, 2.24) is 14.0 Å². The fourth-order valence-electron chi connectivity index (χ4n) is 2.36. The first-order valence-electron chi connectivity index (χ1n) is 7.01. The van der Waals surface area contributed by atoms with Crippen LogP contribution in [0.2, 0.25) is 0 Å². The van der Waals surface area contributed by atoms with Crippen LogP contribution in [0.25, 0.3) is 10.9 Å². The van der Waals surface area contributed by atoms with Gasteiger partial charge in [-0.25, -0.2) is 4.72 Å². The number of fused-ring (bicyclic) bond motifs is 1. The van der Waals surface area contributed by atoms with Crippen LogP contribution in [-0.2, 0) is 16.6 Å². The third kappa shape index (κ3) is 3.55. The van der Waals surface area contributed by atoms with Gasteiger partial charge < -0.3 is 4.98 Å². The second-order valence-electron chi connectivity index (χ2n) is 5.60. The van der Waals surface area contributed by atoms with E-state index in [0.717, 1.165) is 26.3 Å². The molecule has 0 fully saturated rings. The van der Waals surface area contributed by atoms with E-state index < -0.39 is 10.2 Å². The Balaban J connectivity index is 2.26. The molecule has 1 aromatic heterocycles. The Hall–Kier alpha value is -1.70. The van der Waals surface area contributed by atoms with Gasteiger partial charge in [-0.05, 0) is 43.4 Å². The highest BCUT2D eigenvalue weighted by Gasteiger charge is 2.12. The van der Waals surface area contributed by atoms with E-state index in [1.54, 1.807) is 0 Å². The summed E-state index contributed by atoms with van der Waals surface area (Å²) in [5.41, 5.74) is 3.36. The number of aromatic nitrogens is 1. The van der Waals surface area contributed by atoms with Gasteiger partial charge in [-0.3, -0.25) is 4.79 Å². The van der Waals surface area contributed by atoms with Crippen LogP contribution in [-0.4, -0.2) is 38.3 Å². The van der Waals surface area contributed by atoms with E-state index in [1.165, 1.54) is 14.1 Å². The molecule has 0 atom stereocenters. The van der Waals surface area contributed by atoms with Gasteiger partial charge in [0.1, 0.15) is 0 Å². The molecule has 1 aromatic carbocycles. The van der Waals surface area contributed by atoms with Gasteiger partial charge in [0.05, 0.1) is 5.52 Å². The minimum Gasteiger partial charge on any atom is -0.321 e. The fourth-order valence-corrected chi connectivity index (χ4v) is 2.98. The molecular formula is C15H21N3O3S. The van der Waals surface area contributed by atoms with Gasteiger partial charge in [-0.1, -0.05) is 11.6 Å². The number of aromatic amines is 1. The highest BCUT2D eigenvalue weighted by Crippen LogP contribution is 2.18. The predicted octanol–water partition coefficient (Wildman–Crippen LogP) is 1.08. The number of pyridine rings is 1.